The van der Waals surface area contributed by atoms with E-state index in [0.29, 0.717) is 28.1 Å². The third-order valence-electron chi connectivity index (χ3n) is 5.66. The first-order valence-corrected chi connectivity index (χ1v) is 12.3. The van der Waals surface area contributed by atoms with E-state index < -0.39 is 10.0 Å². The molecule has 0 radical (unpaired) electrons. The predicted octanol–water partition coefficient (Wildman–Crippen LogP) is 3.71. The largest absolute Gasteiger partial charge is 0.349 e. The molecule has 2 aromatic rings. The second-order valence-electron chi connectivity index (χ2n) is 8.04. The first-order valence-electron chi connectivity index (χ1n) is 10.4. The Morgan fingerprint density at radius 3 is 2.32 bits per heavy atom. The lowest BCUT2D eigenvalue weighted by molar-refractivity contribution is 0.0928. The molecule has 0 aromatic heterocycles. The lowest BCUT2D eigenvalue weighted by Gasteiger charge is -2.23. The molecule has 0 bridgehead atoms. The topological polar surface area (TPSA) is 95.6 Å². The van der Waals surface area contributed by atoms with E-state index in [1.54, 1.807) is 49.4 Å². The van der Waals surface area contributed by atoms with Crippen molar-refractivity contribution in [2.45, 2.75) is 45.1 Å². The molecule has 0 heterocycles. The SMILES string of the molecule is Cc1cc(C(=O)Nc2ccccc2C(=O)NC2CCCCC2)ccc1N(C)S(C)(=O)=O. The number of hydrogen-bond donors (Lipinski definition) is 2. The maximum atomic E-state index is 12.8. The molecule has 166 valence electrons. The van der Waals surface area contributed by atoms with E-state index in [1.165, 1.54) is 17.8 Å². The molecule has 8 heteroatoms. The molecule has 3 rings (SSSR count). The van der Waals surface area contributed by atoms with Gasteiger partial charge in [-0.1, -0.05) is 31.4 Å². The molecule has 0 saturated heterocycles. The number of carbonyl (C=O) groups excluding carboxylic acids is 2. The van der Waals surface area contributed by atoms with Crippen molar-refractivity contribution in [2.24, 2.45) is 0 Å². The predicted molar refractivity (Wildman–Crippen MR) is 123 cm³/mol. The van der Waals surface area contributed by atoms with Crippen LogP contribution in [0, 0.1) is 6.92 Å². The van der Waals surface area contributed by atoms with Gasteiger partial charge in [0.15, 0.2) is 0 Å². The quantitative estimate of drug-likeness (QED) is 0.711. The smallest absolute Gasteiger partial charge is 0.255 e. The number of benzene rings is 2. The van der Waals surface area contributed by atoms with Crippen LogP contribution in [0.2, 0.25) is 0 Å². The van der Waals surface area contributed by atoms with Crippen LogP contribution in [-0.2, 0) is 10.0 Å². The highest BCUT2D eigenvalue weighted by Gasteiger charge is 2.20. The van der Waals surface area contributed by atoms with E-state index in [4.69, 9.17) is 0 Å². The number of amides is 2. The minimum absolute atomic E-state index is 0.173. The van der Waals surface area contributed by atoms with Gasteiger partial charge >= 0.3 is 0 Å². The molecule has 1 aliphatic carbocycles. The summed E-state index contributed by atoms with van der Waals surface area (Å²) in [5, 5.41) is 5.90. The zero-order valence-corrected chi connectivity index (χ0v) is 19.0. The summed E-state index contributed by atoms with van der Waals surface area (Å²) in [4.78, 5) is 25.6. The molecule has 1 saturated carbocycles. The second kappa shape index (κ2) is 9.51. The summed E-state index contributed by atoms with van der Waals surface area (Å²) in [5.74, 6) is -0.557. The maximum absolute atomic E-state index is 12.8. The number of nitrogens with zero attached hydrogens (tertiary/aromatic N) is 1. The Morgan fingerprint density at radius 2 is 1.68 bits per heavy atom. The Hall–Kier alpha value is -2.87. The first kappa shape index (κ1) is 22.8. The van der Waals surface area contributed by atoms with Gasteiger partial charge in [0, 0.05) is 18.7 Å². The van der Waals surface area contributed by atoms with E-state index in [-0.39, 0.29) is 17.9 Å². The fraction of sp³-hybridized carbons (Fsp3) is 0.391. The number of hydrogen-bond acceptors (Lipinski definition) is 4. The number of aryl methyl sites for hydroxylation is 1. The number of sulfonamides is 1. The highest BCUT2D eigenvalue weighted by Crippen LogP contribution is 2.24. The second-order valence-corrected chi connectivity index (χ2v) is 10.1. The Morgan fingerprint density at radius 1 is 1.00 bits per heavy atom. The molecule has 0 spiro atoms. The van der Waals surface area contributed by atoms with Crippen molar-refractivity contribution in [3.63, 3.8) is 0 Å². The van der Waals surface area contributed by atoms with Crippen LogP contribution < -0.4 is 14.9 Å². The normalized spacial score (nSPS) is 14.7. The van der Waals surface area contributed by atoms with Crippen molar-refractivity contribution in [3.05, 3.63) is 59.2 Å². The Kier molecular flexibility index (Phi) is 7.00. The zero-order chi connectivity index (χ0) is 22.6. The average Bonchev–Trinajstić information content (AvgIpc) is 2.73. The van der Waals surface area contributed by atoms with Gasteiger partial charge in [0.25, 0.3) is 11.8 Å². The van der Waals surface area contributed by atoms with Gasteiger partial charge in [0.2, 0.25) is 10.0 Å². The fourth-order valence-electron chi connectivity index (χ4n) is 3.82. The highest BCUT2D eigenvalue weighted by atomic mass is 32.2. The summed E-state index contributed by atoms with van der Waals surface area (Å²) in [5.41, 5.74) is 2.41. The van der Waals surface area contributed by atoms with Crippen LogP contribution in [0.5, 0.6) is 0 Å². The van der Waals surface area contributed by atoms with Crippen LogP contribution in [0.4, 0.5) is 11.4 Å². The van der Waals surface area contributed by atoms with Crippen molar-refractivity contribution >= 4 is 33.2 Å². The van der Waals surface area contributed by atoms with Crippen molar-refractivity contribution in [1.82, 2.24) is 5.32 Å². The van der Waals surface area contributed by atoms with Crippen LogP contribution in [0.1, 0.15) is 58.4 Å². The first-order chi connectivity index (χ1) is 14.7. The molecule has 0 atom stereocenters. The van der Waals surface area contributed by atoms with Gasteiger partial charge in [-0.25, -0.2) is 8.42 Å². The molecule has 1 aliphatic rings. The highest BCUT2D eigenvalue weighted by molar-refractivity contribution is 7.92. The minimum atomic E-state index is -3.40. The van der Waals surface area contributed by atoms with Crippen molar-refractivity contribution in [2.75, 3.05) is 22.9 Å². The summed E-state index contributed by atoms with van der Waals surface area (Å²) < 4.78 is 24.8. The lowest BCUT2D eigenvalue weighted by atomic mass is 9.95. The van der Waals surface area contributed by atoms with Crippen molar-refractivity contribution < 1.29 is 18.0 Å². The number of rotatable bonds is 6. The maximum Gasteiger partial charge on any atom is 0.255 e. The third-order valence-corrected chi connectivity index (χ3v) is 6.85. The molecule has 1 fully saturated rings. The van der Waals surface area contributed by atoms with Crippen molar-refractivity contribution in [1.29, 1.82) is 0 Å². The molecular weight excluding hydrogens is 414 g/mol. The minimum Gasteiger partial charge on any atom is -0.349 e. The average molecular weight is 444 g/mol. The summed E-state index contributed by atoms with van der Waals surface area (Å²) >= 11 is 0. The van der Waals surface area contributed by atoms with Crippen LogP contribution in [-0.4, -0.2) is 39.6 Å². The van der Waals surface area contributed by atoms with E-state index in [0.717, 1.165) is 31.9 Å². The number of nitrogens with one attached hydrogen (secondary N) is 2. The van der Waals surface area contributed by atoms with Crippen molar-refractivity contribution in [3.8, 4) is 0 Å². The van der Waals surface area contributed by atoms with Gasteiger partial charge in [0.05, 0.1) is 23.2 Å². The van der Waals surface area contributed by atoms with Gasteiger partial charge in [-0.05, 0) is 55.7 Å². The Bertz CT molecular complexity index is 1080. The summed E-state index contributed by atoms with van der Waals surface area (Å²) in [6, 6.07) is 11.9. The van der Waals surface area contributed by atoms with E-state index >= 15 is 0 Å². The van der Waals surface area contributed by atoms with Gasteiger partial charge in [0.1, 0.15) is 0 Å². The molecule has 31 heavy (non-hydrogen) atoms. The van der Waals surface area contributed by atoms with Crippen LogP contribution in [0.25, 0.3) is 0 Å². The third kappa shape index (κ3) is 5.64. The number of carbonyl (C=O) groups is 2. The molecule has 2 N–H and O–H groups in total. The van der Waals surface area contributed by atoms with Gasteiger partial charge in [-0.2, -0.15) is 0 Å². The van der Waals surface area contributed by atoms with Gasteiger partial charge in [-0.15, -0.1) is 0 Å². The van der Waals surface area contributed by atoms with E-state index in [9.17, 15) is 18.0 Å². The Labute approximate surface area is 183 Å². The summed E-state index contributed by atoms with van der Waals surface area (Å²) in [6.45, 7) is 1.75. The molecule has 0 aliphatic heterocycles. The molecular formula is C23H29N3O4S. The Balaban J connectivity index is 1.76. The molecule has 2 aromatic carbocycles. The van der Waals surface area contributed by atoms with Gasteiger partial charge in [-0.3, -0.25) is 13.9 Å². The standard InChI is InChI=1S/C23H29N3O4S/c1-16-15-17(13-14-21(16)26(2)31(3,29)30)22(27)25-20-12-8-7-11-19(20)23(28)24-18-9-5-4-6-10-18/h7-8,11-15,18H,4-6,9-10H2,1-3H3,(H,24,28)(H,25,27). The van der Waals surface area contributed by atoms with Crippen LogP contribution in [0.3, 0.4) is 0 Å². The summed E-state index contributed by atoms with van der Waals surface area (Å²) in [6.07, 6.45) is 6.53. The number of anilines is 2. The van der Waals surface area contributed by atoms with E-state index in [1.807, 2.05) is 0 Å². The van der Waals surface area contributed by atoms with Gasteiger partial charge < -0.3 is 10.6 Å². The number of para-hydroxylation sites is 1. The van der Waals surface area contributed by atoms with E-state index in [2.05, 4.69) is 10.6 Å². The monoisotopic (exact) mass is 443 g/mol. The van der Waals surface area contributed by atoms with Crippen LogP contribution >= 0.6 is 0 Å². The fourth-order valence-corrected chi connectivity index (χ4v) is 4.39. The molecule has 7 nitrogen and oxygen atoms in total. The molecule has 0 unspecified atom stereocenters. The molecule has 2 amide bonds. The van der Waals surface area contributed by atoms with Crippen LogP contribution in [0.15, 0.2) is 42.5 Å². The lowest BCUT2D eigenvalue weighted by Crippen LogP contribution is -2.36. The zero-order valence-electron chi connectivity index (χ0n) is 18.1. The summed E-state index contributed by atoms with van der Waals surface area (Å²) in [7, 11) is -1.93.